The number of rotatable bonds is 6. The van der Waals surface area contributed by atoms with Crippen molar-refractivity contribution in [2.24, 2.45) is 5.92 Å². The molecule has 1 aromatic rings. The number of benzene rings is 1. The molecule has 0 fully saturated rings. The summed E-state index contributed by atoms with van der Waals surface area (Å²) < 4.78 is 27.1. The zero-order chi connectivity index (χ0) is 17.4. The van der Waals surface area contributed by atoms with Gasteiger partial charge >= 0.3 is 5.97 Å². The number of aliphatic carboxylic acids is 1. The fraction of sp³-hybridized carbons (Fsp3) is 0.467. The van der Waals surface area contributed by atoms with Gasteiger partial charge in [-0.25, -0.2) is 8.42 Å². The number of carboxylic acid groups (broad SMARTS) is 1. The van der Waals surface area contributed by atoms with Gasteiger partial charge in [0.2, 0.25) is 15.9 Å². The van der Waals surface area contributed by atoms with Crippen molar-refractivity contribution in [3.05, 3.63) is 23.8 Å². The van der Waals surface area contributed by atoms with Crippen molar-refractivity contribution in [1.82, 2.24) is 4.72 Å². The van der Waals surface area contributed by atoms with Gasteiger partial charge in [0.25, 0.3) is 0 Å². The third kappa shape index (κ3) is 3.70. The number of nitrogens with one attached hydrogen (secondary N) is 1. The highest BCUT2D eigenvalue weighted by Gasteiger charge is 2.29. The number of sulfonamides is 1. The fourth-order valence-electron chi connectivity index (χ4n) is 2.54. The molecule has 0 saturated carbocycles. The molecule has 0 aromatic heterocycles. The van der Waals surface area contributed by atoms with Crippen molar-refractivity contribution >= 4 is 27.6 Å². The number of hydrogen-bond donors (Lipinski definition) is 2. The van der Waals surface area contributed by atoms with Crippen LogP contribution in [0, 0.1) is 5.92 Å². The number of amides is 1. The molecule has 1 atom stereocenters. The molecule has 126 valence electrons. The second-order valence-electron chi connectivity index (χ2n) is 6.06. The minimum atomic E-state index is -3.97. The molecule has 1 heterocycles. The van der Waals surface area contributed by atoms with E-state index < -0.39 is 22.0 Å². The number of carboxylic acids is 1. The van der Waals surface area contributed by atoms with E-state index in [1.54, 1.807) is 13.1 Å². The van der Waals surface area contributed by atoms with E-state index >= 15 is 0 Å². The molecule has 23 heavy (non-hydrogen) atoms. The van der Waals surface area contributed by atoms with Crippen LogP contribution < -0.4 is 9.62 Å². The van der Waals surface area contributed by atoms with Crippen molar-refractivity contribution < 1.29 is 23.1 Å². The lowest BCUT2D eigenvalue weighted by atomic mass is 10.1. The van der Waals surface area contributed by atoms with Gasteiger partial charge in [-0.3, -0.25) is 9.59 Å². The molecule has 2 rings (SSSR count). The van der Waals surface area contributed by atoms with Crippen molar-refractivity contribution in [1.29, 1.82) is 0 Å². The summed E-state index contributed by atoms with van der Waals surface area (Å²) in [4.78, 5) is 24.3. The monoisotopic (exact) mass is 340 g/mol. The zero-order valence-electron chi connectivity index (χ0n) is 13.2. The molecule has 0 saturated heterocycles. The predicted molar refractivity (Wildman–Crippen MR) is 84.8 cm³/mol. The Morgan fingerprint density at radius 1 is 1.39 bits per heavy atom. The molecule has 7 nitrogen and oxygen atoms in total. The molecule has 0 spiro atoms. The maximum Gasteiger partial charge on any atom is 0.321 e. The van der Waals surface area contributed by atoms with E-state index in [1.807, 2.05) is 13.8 Å². The molecular formula is C15H20N2O5S. The second kappa shape index (κ2) is 6.29. The second-order valence-corrected chi connectivity index (χ2v) is 7.78. The Labute approximate surface area is 135 Å². The summed E-state index contributed by atoms with van der Waals surface area (Å²) in [6.45, 7) is 3.64. The van der Waals surface area contributed by atoms with Crippen LogP contribution in [0.25, 0.3) is 0 Å². The van der Waals surface area contributed by atoms with Crippen LogP contribution in [-0.2, 0) is 26.0 Å². The Kier molecular flexibility index (Phi) is 4.76. The lowest BCUT2D eigenvalue weighted by Gasteiger charge is -2.17. The molecule has 0 bridgehead atoms. The summed E-state index contributed by atoms with van der Waals surface area (Å²) in [5.41, 5.74) is 1.29. The van der Waals surface area contributed by atoms with E-state index in [4.69, 9.17) is 0 Å². The Bertz CT molecular complexity index is 742. The molecule has 0 unspecified atom stereocenters. The largest absolute Gasteiger partial charge is 0.480 e. The number of hydrogen-bond acceptors (Lipinski definition) is 4. The fourth-order valence-corrected chi connectivity index (χ4v) is 3.79. The lowest BCUT2D eigenvalue weighted by molar-refractivity contribution is -0.139. The van der Waals surface area contributed by atoms with E-state index in [9.17, 15) is 23.1 Å². The van der Waals surface area contributed by atoms with E-state index in [1.165, 1.54) is 17.0 Å². The van der Waals surface area contributed by atoms with Crippen LogP contribution >= 0.6 is 0 Å². The first-order valence-electron chi connectivity index (χ1n) is 7.26. The normalized spacial score (nSPS) is 15.8. The molecular weight excluding hydrogens is 320 g/mol. The Morgan fingerprint density at radius 3 is 2.61 bits per heavy atom. The average molecular weight is 340 g/mol. The summed E-state index contributed by atoms with van der Waals surface area (Å²) in [5.74, 6) is -1.28. The van der Waals surface area contributed by atoms with Crippen LogP contribution in [0.5, 0.6) is 0 Å². The smallest absolute Gasteiger partial charge is 0.321 e. The van der Waals surface area contributed by atoms with Crippen molar-refractivity contribution in [3.63, 3.8) is 0 Å². The third-order valence-corrected chi connectivity index (χ3v) is 5.21. The number of likely N-dealkylation sites (N-methyl/N-ethyl adjacent to an activating group) is 1. The summed E-state index contributed by atoms with van der Waals surface area (Å²) in [6, 6.07) is 3.18. The molecule has 2 N–H and O–H groups in total. The lowest BCUT2D eigenvalue weighted by Crippen LogP contribution is -2.41. The third-order valence-electron chi connectivity index (χ3n) is 3.74. The molecule has 0 aliphatic carbocycles. The standard InChI is InChI=1S/C15H20N2O5S/c1-9(2)6-12(15(19)20)16-23(21,22)11-4-5-13-10(7-11)8-14(18)17(13)3/h4-5,7,9,12,16H,6,8H2,1-3H3,(H,19,20)/t12-/m0/s1. The van der Waals surface area contributed by atoms with Gasteiger partial charge in [0.15, 0.2) is 0 Å². The quantitative estimate of drug-likeness (QED) is 0.803. The van der Waals surface area contributed by atoms with E-state index in [-0.39, 0.29) is 29.6 Å². The van der Waals surface area contributed by atoms with Crippen molar-refractivity contribution in [3.8, 4) is 0 Å². The topological polar surface area (TPSA) is 104 Å². The Morgan fingerprint density at radius 2 is 2.04 bits per heavy atom. The average Bonchev–Trinajstić information content (AvgIpc) is 2.72. The van der Waals surface area contributed by atoms with Gasteiger partial charge in [-0.2, -0.15) is 4.72 Å². The first-order valence-corrected chi connectivity index (χ1v) is 8.74. The van der Waals surface area contributed by atoms with Crippen LogP contribution in [0.3, 0.4) is 0 Å². The number of carbonyl (C=O) groups excluding carboxylic acids is 1. The predicted octanol–water partition coefficient (Wildman–Crippen LogP) is 0.983. The van der Waals surface area contributed by atoms with Crippen LogP contribution in [0.1, 0.15) is 25.8 Å². The van der Waals surface area contributed by atoms with Crippen molar-refractivity contribution in [2.75, 3.05) is 11.9 Å². The number of anilines is 1. The summed E-state index contributed by atoms with van der Waals surface area (Å²) in [7, 11) is -2.34. The summed E-state index contributed by atoms with van der Waals surface area (Å²) >= 11 is 0. The maximum atomic E-state index is 12.4. The molecule has 1 aliphatic heterocycles. The molecule has 1 aliphatic rings. The van der Waals surface area contributed by atoms with E-state index in [2.05, 4.69) is 4.72 Å². The van der Waals surface area contributed by atoms with Gasteiger partial charge in [-0.1, -0.05) is 13.8 Å². The summed E-state index contributed by atoms with van der Waals surface area (Å²) in [6.07, 6.45) is 0.338. The van der Waals surface area contributed by atoms with E-state index in [0.717, 1.165) is 0 Å². The number of fused-ring (bicyclic) bond motifs is 1. The van der Waals surface area contributed by atoms with Gasteiger partial charge in [0.1, 0.15) is 6.04 Å². The van der Waals surface area contributed by atoms with Crippen LogP contribution in [-0.4, -0.2) is 38.5 Å². The van der Waals surface area contributed by atoms with Gasteiger partial charge in [0, 0.05) is 12.7 Å². The van der Waals surface area contributed by atoms with Gasteiger partial charge in [-0.15, -0.1) is 0 Å². The van der Waals surface area contributed by atoms with Gasteiger partial charge in [0.05, 0.1) is 11.3 Å². The Hall–Kier alpha value is -1.93. The number of carbonyl (C=O) groups is 2. The zero-order valence-corrected chi connectivity index (χ0v) is 14.1. The maximum absolute atomic E-state index is 12.4. The van der Waals surface area contributed by atoms with Crippen LogP contribution in [0.2, 0.25) is 0 Å². The van der Waals surface area contributed by atoms with Crippen LogP contribution in [0.15, 0.2) is 23.1 Å². The number of nitrogens with zero attached hydrogens (tertiary/aromatic N) is 1. The molecule has 0 radical (unpaired) electrons. The van der Waals surface area contributed by atoms with E-state index in [0.29, 0.717) is 11.3 Å². The first-order chi connectivity index (χ1) is 10.6. The van der Waals surface area contributed by atoms with Crippen LogP contribution in [0.4, 0.5) is 5.69 Å². The highest BCUT2D eigenvalue weighted by Crippen LogP contribution is 2.29. The molecule has 8 heteroatoms. The SMILES string of the molecule is CC(C)C[C@H](NS(=O)(=O)c1ccc2c(c1)CC(=O)N2C)C(=O)O. The minimum absolute atomic E-state index is 0.0325. The highest BCUT2D eigenvalue weighted by atomic mass is 32.2. The first kappa shape index (κ1) is 17.4. The van der Waals surface area contributed by atoms with Gasteiger partial charge < -0.3 is 10.0 Å². The summed E-state index contributed by atoms with van der Waals surface area (Å²) in [5, 5.41) is 9.18. The molecule has 1 aromatic carbocycles. The minimum Gasteiger partial charge on any atom is -0.480 e. The highest BCUT2D eigenvalue weighted by molar-refractivity contribution is 7.89. The van der Waals surface area contributed by atoms with Crippen molar-refractivity contribution in [2.45, 2.75) is 37.6 Å². The van der Waals surface area contributed by atoms with Gasteiger partial charge in [-0.05, 0) is 36.1 Å². The molecule has 1 amide bonds. The Balaban J connectivity index is 2.28.